The van der Waals surface area contributed by atoms with E-state index >= 15 is 0 Å². The number of hydrogen-bond donors (Lipinski definition) is 4. The third-order valence-corrected chi connectivity index (χ3v) is 3.41. The molecule has 2 heterocycles. The van der Waals surface area contributed by atoms with E-state index in [1.807, 2.05) is 4.90 Å². The summed E-state index contributed by atoms with van der Waals surface area (Å²) < 4.78 is 0. The summed E-state index contributed by atoms with van der Waals surface area (Å²) in [4.78, 5) is 1.90. The van der Waals surface area contributed by atoms with Crippen molar-refractivity contribution < 1.29 is 20.4 Å². The minimum absolute atomic E-state index is 0.148. The first-order valence-corrected chi connectivity index (χ1v) is 5.06. The Bertz CT molecular complexity index is 213. The standard InChI is InChI=1S/C9H17NO4/c11-4-7-9(14)8(13)6-3-5(12)1-2-10(6)7/h5-9,11-14H,1-4H2/t5-,6+,7+,8-,9-/m0/s1. The smallest absolute Gasteiger partial charge is 0.0991 e. The van der Waals surface area contributed by atoms with E-state index in [1.165, 1.54) is 0 Å². The first-order chi connectivity index (χ1) is 6.65. The molecule has 0 bridgehead atoms. The van der Waals surface area contributed by atoms with Crippen LogP contribution in [0, 0.1) is 0 Å². The third-order valence-electron chi connectivity index (χ3n) is 3.41. The van der Waals surface area contributed by atoms with Crippen molar-refractivity contribution in [2.24, 2.45) is 0 Å². The van der Waals surface area contributed by atoms with Crippen LogP contribution in [0.3, 0.4) is 0 Å². The summed E-state index contributed by atoms with van der Waals surface area (Å²) in [5, 5.41) is 37.9. The van der Waals surface area contributed by atoms with E-state index in [9.17, 15) is 15.3 Å². The minimum atomic E-state index is -0.893. The van der Waals surface area contributed by atoms with Gasteiger partial charge in [-0.05, 0) is 12.8 Å². The van der Waals surface area contributed by atoms with Gasteiger partial charge in [0.1, 0.15) is 0 Å². The Balaban J connectivity index is 2.13. The second kappa shape index (κ2) is 3.75. The van der Waals surface area contributed by atoms with Gasteiger partial charge in [0.25, 0.3) is 0 Å². The molecule has 5 nitrogen and oxygen atoms in total. The fraction of sp³-hybridized carbons (Fsp3) is 1.00. The molecule has 0 aromatic rings. The van der Waals surface area contributed by atoms with E-state index in [4.69, 9.17) is 5.11 Å². The number of nitrogens with zero attached hydrogens (tertiary/aromatic N) is 1. The molecule has 2 fully saturated rings. The molecule has 4 N–H and O–H groups in total. The van der Waals surface area contributed by atoms with E-state index < -0.39 is 18.3 Å². The van der Waals surface area contributed by atoms with Crippen LogP contribution in [0.25, 0.3) is 0 Å². The van der Waals surface area contributed by atoms with E-state index in [-0.39, 0.29) is 18.7 Å². The highest BCUT2D eigenvalue weighted by molar-refractivity contribution is 5.03. The van der Waals surface area contributed by atoms with Gasteiger partial charge in [-0.15, -0.1) is 0 Å². The predicted molar refractivity (Wildman–Crippen MR) is 48.6 cm³/mol. The van der Waals surface area contributed by atoms with Crippen molar-refractivity contribution in [3.05, 3.63) is 0 Å². The van der Waals surface area contributed by atoms with E-state index in [2.05, 4.69) is 0 Å². The molecule has 2 saturated heterocycles. The molecular formula is C9H17NO4. The zero-order chi connectivity index (χ0) is 10.3. The molecular weight excluding hydrogens is 186 g/mol. The topological polar surface area (TPSA) is 84.2 Å². The maximum atomic E-state index is 9.70. The summed E-state index contributed by atoms with van der Waals surface area (Å²) in [6.07, 6.45) is -1.01. The maximum Gasteiger partial charge on any atom is 0.0991 e. The largest absolute Gasteiger partial charge is 0.395 e. The molecule has 0 saturated carbocycles. The molecule has 5 atom stereocenters. The number of aliphatic hydroxyl groups is 4. The van der Waals surface area contributed by atoms with Crippen molar-refractivity contribution in [3.63, 3.8) is 0 Å². The molecule has 82 valence electrons. The summed E-state index contributed by atoms with van der Waals surface area (Å²) in [5.74, 6) is 0. The van der Waals surface area contributed by atoms with Crippen molar-refractivity contribution in [3.8, 4) is 0 Å². The van der Waals surface area contributed by atoms with Crippen molar-refractivity contribution in [1.82, 2.24) is 4.90 Å². The van der Waals surface area contributed by atoms with Gasteiger partial charge < -0.3 is 20.4 Å². The highest BCUT2D eigenvalue weighted by Crippen LogP contribution is 2.32. The second-order valence-corrected chi connectivity index (χ2v) is 4.21. The van der Waals surface area contributed by atoms with Gasteiger partial charge in [0.2, 0.25) is 0 Å². The average Bonchev–Trinajstić information content (AvgIpc) is 2.41. The fourth-order valence-corrected chi connectivity index (χ4v) is 2.61. The van der Waals surface area contributed by atoms with Crippen molar-refractivity contribution in [2.75, 3.05) is 13.2 Å². The molecule has 2 rings (SSSR count). The molecule has 0 aromatic heterocycles. The van der Waals surface area contributed by atoms with Crippen LogP contribution in [0.4, 0.5) is 0 Å². The predicted octanol–water partition coefficient (Wildman–Crippen LogP) is -2.09. The van der Waals surface area contributed by atoms with Crippen LogP contribution in [0.15, 0.2) is 0 Å². The summed E-state index contributed by atoms with van der Waals surface area (Å²) in [7, 11) is 0. The summed E-state index contributed by atoms with van der Waals surface area (Å²) in [6, 6.07) is -0.576. The summed E-state index contributed by atoms with van der Waals surface area (Å²) in [6.45, 7) is 0.482. The van der Waals surface area contributed by atoms with Gasteiger partial charge in [-0.2, -0.15) is 0 Å². The number of aliphatic hydroxyl groups excluding tert-OH is 4. The fourth-order valence-electron chi connectivity index (χ4n) is 2.61. The average molecular weight is 203 g/mol. The third kappa shape index (κ3) is 1.45. The van der Waals surface area contributed by atoms with Crippen molar-refractivity contribution in [2.45, 2.75) is 43.2 Å². The SMILES string of the molecule is OC[C@@H]1[C@H](O)[C@@H](O)[C@H]2C[C@@H](O)CCN12. The van der Waals surface area contributed by atoms with E-state index in [0.717, 1.165) is 0 Å². The first-order valence-electron chi connectivity index (χ1n) is 5.06. The Kier molecular flexibility index (Phi) is 2.77. The Morgan fingerprint density at radius 2 is 1.86 bits per heavy atom. The highest BCUT2D eigenvalue weighted by Gasteiger charge is 2.49. The normalized spacial score (nSPS) is 49.3. The molecule has 0 amide bonds. The van der Waals surface area contributed by atoms with Crippen LogP contribution >= 0.6 is 0 Å². The molecule has 5 heteroatoms. The van der Waals surface area contributed by atoms with Crippen molar-refractivity contribution >= 4 is 0 Å². The first kappa shape index (κ1) is 10.3. The molecule has 2 aliphatic rings. The Labute approximate surface area is 82.6 Å². The number of piperidine rings is 1. The lowest BCUT2D eigenvalue weighted by Crippen LogP contribution is -2.47. The van der Waals surface area contributed by atoms with Gasteiger partial charge in [-0.25, -0.2) is 0 Å². The Hall–Kier alpha value is -0.200. The lowest BCUT2D eigenvalue weighted by Gasteiger charge is -2.35. The zero-order valence-corrected chi connectivity index (χ0v) is 7.95. The number of fused-ring (bicyclic) bond motifs is 1. The maximum absolute atomic E-state index is 9.70. The van der Waals surface area contributed by atoms with Crippen LogP contribution in [-0.4, -0.2) is 68.9 Å². The van der Waals surface area contributed by atoms with Crippen molar-refractivity contribution in [1.29, 1.82) is 0 Å². The summed E-state index contributed by atoms with van der Waals surface area (Å²) in [5.41, 5.74) is 0. The summed E-state index contributed by atoms with van der Waals surface area (Å²) >= 11 is 0. The molecule has 2 aliphatic heterocycles. The van der Waals surface area contributed by atoms with Crippen LogP contribution in [0.5, 0.6) is 0 Å². The highest BCUT2D eigenvalue weighted by atomic mass is 16.3. The van der Waals surface area contributed by atoms with Crippen LogP contribution in [0.2, 0.25) is 0 Å². The van der Waals surface area contributed by atoms with Crippen LogP contribution in [0.1, 0.15) is 12.8 Å². The molecule has 14 heavy (non-hydrogen) atoms. The van der Waals surface area contributed by atoms with Gasteiger partial charge in [0.15, 0.2) is 0 Å². The van der Waals surface area contributed by atoms with Crippen LogP contribution in [-0.2, 0) is 0 Å². The number of rotatable bonds is 1. The van der Waals surface area contributed by atoms with Gasteiger partial charge in [0.05, 0.1) is 31.0 Å². The second-order valence-electron chi connectivity index (χ2n) is 4.21. The molecule has 0 aromatic carbocycles. The Morgan fingerprint density at radius 3 is 2.50 bits per heavy atom. The minimum Gasteiger partial charge on any atom is -0.395 e. The quantitative estimate of drug-likeness (QED) is 0.393. The molecule has 0 unspecified atom stereocenters. The lowest BCUT2D eigenvalue weighted by molar-refractivity contribution is 0.00361. The molecule has 0 spiro atoms. The van der Waals surface area contributed by atoms with Gasteiger partial charge >= 0.3 is 0 Å². The Morgan fingerprint density at radius 1 is 1.14 bits per heavy atom. The number of hydrogen-bond acceptors (Lipinski definition) is 5. The van der Waals surface area contributed by atoms with Gasteiger partial charge in [0, 0.05) is 12.6 Å². The zero-order valence-electron chi connectivity index (χ0n) is 7.95. The van der Waals surface area contributed by atoms with Crippen LogP contribution < -0.4 is 0 Å². The monoisotopic (exact) mass is 203 g/mol. The van der Waals surface area contributed by atoms with E-state index in [0.29, 0.717) is 19.4 Å². The van der Waals surface area contributed by atoms with E-state index in [1.54, 1.807) is 0 Å². The van der Waals surface area contributed by atoms with Gasteiger partial charge in [-0.3, -0.25) is 4.90 Å². The lowest BCUT2D eigenvalue weighted by atomic mass is 9.98. The van der Waals surface area contributed by atoms with Gasteiger partial charge in [-0.1, -0.05) is 0 Å². The molecule has 0 radical (unpaired) electrons. The molecule has 0 aliphatic carbocycles.